The third-order valence-electron chi connectivity index (χ3n) is 5.03. The Morgan fingerprint density at radius 2 is 2.05 bits per heavy atom. The molecule has 2 rings (SSSR count). The van der Waals surface area contributed by atoms with Crippen LogP contribution in [0.2, 0.25) is 0 Å². The normalized spacial score (nSPS) is 46.3. The number of allylic oxidation sites excluding steroid dienone is 1. The molecule has 1 heterocycles. The van der Waals surface area contributed by atoms with E-state index in [0.29, 0.717) is 6.42 Å². The van der Waals surface area contributed by atoms with Gasteiger partial charge in [-0.15, -0.1) is 0 Å². The summed E-state index contributed by atoms with van der Waals surface area (Å²) in [6.07, 6.45) is 1.77. The lowest BCUT2D eigenvalue weighted by Crippen LogP contribution is -2.72. The SMILES string of the molecule is CO[C@@H]1C(=O)CC[C@@](C)(O)[C@]1(O)[C@@]1(C)O[C@@H]1CC=C(C)C. The zero-order valence-electron chi connectivity index (χ0n) is 13.5. The first kappa shape index (κ1) is 16.6. The van der Waals surface area contributed by atoms with Crippen LogP contribution in [0.3, 0.4) is 0 Å². The summed E-state index contributed by atoms with van der Waals surface area (Å²) in [7, 11) is 1.38. The van der Waals surface area contributed by atoms with Crippen molar-refractivity contribution < 1.29 is 24.5 Å². The molecule has 1 saturated heterocycles. The van der Waals surface area contributed by atoms with Crippen molar-refractivity contribution in [2.45, 2.75) is 76.0 Å². The Morgan fingerprint density at radius 1 is 1.43 bits per heavy atom. The van der Waals surface area contributed by atoms with Crippen molar-refractivity contribution in [1.29, 1.82) is 0 Å². The quantitative estimate of drug-likeness (QED) is 0.605. The Balaban J connectivity index is 2.33. The van der Waals surface area contributed by atoms with Crippen molar-refractivity contribution >= 4 is 5.78 Å². The second-order valence-corrected chi connectivity index (χ2v) is 6.85. The number of epoxide rings is 1. The van der Waals surface area contributed by atoms with Gasteiger partial charge in [0.1, 0.15) is 11.7 Å². The van der Waals surface area contributed by atoms with E-state index in [9.17, 15) is 15.0 Å². The molecule has 0 amide bonds. The standard InChI is InChI=1S/C16H26O5/c1-10(2)6-7-12-15(4,21-12)16(19)13(20-5)11(17)8-9-14(16,3)18/h6,12-13,18-19H,7-9H2,1-5H3/t12-,13-,14-,15+,16+/m1/s1. The molecule has 5 atom stereocenters. The van der Waals surface area contributed by atoms with E-state index in [4.69, 9.17) is 9.47 Å². The largest absolute Gasteiger partial charge is 0.387 e. The van der Waals surface area contributed by atoms with Gasteiger partial charge in [0.15, 0.2) is 11.4 Å². The molecule has 0 bridgehead atoms. The van der Waals surface area contributed by atoms with E-state index in [1.54, 1.807) is 13.8 Å². The van der Waals surface area contributed by atoms with Crippen molar-refractivity contribution in [3.8, 4) is 0 Å². The second-order valence-electron chi connectivity index (χ2n) is 6.85. The molecule has 2 fully saturated rings. The van der Waals surface area contributed by atoms with Crippen LogP contribution in [0.15, 0.2) is 11.6 Å². The number of Topliss-reactive ketones (excluding diaryl/α,β-unsaturated/α-hetero) is 1. The first-order valence-corrected chi connectivity index (χ1v) is 7.41. The van der Waals surface area contributed by atoms with Gasteiger partial charge in [-0.3, -0.25) is 4.79 Å². The zero-order valence-corrected chi connectivity index (χ0v) is 13.5. The van der Waals surface area contributed by atoms with E-state index in [0.717, 1.165) is 5.57 Å². The van der Waals surface area contributed by atoms with Crippen LogP contribution in [0, 0.1) is 0 Å². The summed E-state index contributed by atoms with van der Waals surface area (Å²) >= 11 is 0. The highest BCUT2D eigenvalue weighted by Crippen LogP contribution is 2.56. The molecule has 1 aliphatic heterocycles. The predicted octanol–water partition coefficient (Wildman–Crippen LogP) is 1.36. The molecular formula is C16H26O5. The number of methoxy groups -OCH3 is 1. The van der Waals surface area contributed by atoms with Gasteiger partial charge < -0.3 is 19.7 Å². The van der Waals surface area contributed by atoms with Gasteiger partial charge >= 0.3 is 0 Å². The van der Waals surface area contributed by atoms with Crippen LogP contribution in [-0.4, -0.2) is 52.1 Å². The lowest BCUT2D eigenvalue weighted by Gasteiger charge is -2.50. The van der Waals surface area contributed by atoms with Gasteiger partial charge in [0.2, 0.25) is 0 Å². The summed E-state index contributed by atoms with van der Waals surface area (Å²) in [5.41, 5.74) is -3.01. The van der Waals surface area contributed by atoms with E-state index >= 15 is 0 Å². The summed E-state index contributed by atoms with van der Waals surface area (Å²) in [5.74, 6) is -0.191. The summed E-state index contributed by atoms with van der Waals surface area (Å²) in [6.45, 7) is 7.28. The van der Waals surface area contributed by atoms with Crippen molar-refractivity contribution in [1.82, 2.24) is 0 Å². The highest BCUT2D eigenvalue weighted by atomic mass is 16.6. The molecule has 0 spiro atoms. The van der Waals surface area contributed by atoms with Gasteiger partial charge in [-0.1, -0.05) is 11.6 Å². The fraction of sp³-hybridized carbons (Fsp3) is 0.812. The van der Waals surface area contributed by atoms with Crippen LogP contribution < -0.4 is 0 Å². The molecule has 0 aromatic carbocycles. The Morgan fingerprint density at radius 3 is 2.57 bits per heavy atom. The fourth-order valence-corrected chi connectivity index (χ4v) is 3.51. The fourth-order valence-electron chi connectivity index (χ4n) is 3.51. The number of aliphatic hydroxyl groups is 2. The molecule has 2 aliphatic rings. The Kier molecular flexibility index (Phi) is 4.08. The molecule has 5 heteroatoms. The van der Waals surface area contributed by atoms with E-state index < -0.39 is 22.9 Å². The van der Waals surface area contributed by atoms with Gasteiger partial charge in [-0.2, -0.15) is 0 Å². The summed E-state index contributed by atoms with van der Waals surface area (Å²) in [6, 6.07) is 0. The first-order chi connectivity index (χ1) is 9.60. The van der Waals surface area contributed by atoms with Gasteiger partial charge in [0, 0.05) is 13.5 Å². The summed E-state index contributed by atoms with van der Waals surface area (Å²) < 4.78 is 11.0. The molecule has 21 heavy (non-hydrogen) atoms. The molecule has 1 aliphatic carbocycles. The minimum Gasteiger partial charge on any atom is -0.387 e. The topological polar surface area (TPSA) is 79.3 Å². The maximum atomic E-state index is 12.1. The molecule has 2 N–H and O–H groups in total. The highest BCUT2D eigenvalue weighted by Gasteiger charge is 2.75. The van der Waals surface area contributed by atoms with Gasteiger partial charge in [-0.05, 0) is 40.5 Å². The lowest BCUT2D eigenvalue weighted by atomic mass is 9.63. The average Bonchev–Trinajstić information content (AvgIpc) is 3.06. The molecule has 120 valence electrons. The highest BCUT2D eigenvalue weighted by molar-refractivity contribution is 5.86. The molecule has 0 unspecified atom stereocenters. The van der Waals surface area contributed by atoms with Crippen LogP contribution >= 0.6 is 0 Å². The third-order valence-corrected chi connectivity index (χ3v) is 5.03. The van der Waals surface area contributed by atoms with Crippen LogP contribution in [-0.2, 0) is 14.3 Å². The molecule has 0 aromatic heterocycles. The number of hydrogen-bond donors (Lipinski definition) is 2. The molecule has 0 aromatic rings. The molecule has 1 saturated carbocycles. The predicted molar refractivity (Wildman–Crippen MR) is 77.9 cm³/mol. The zero-order chi connectivity index (χ0) is 16.1. The van der Waals surface area contributed by atoms with Crippen LogP contribution in [0.5, 0.6) is 0 Å². The number of ether oxygens (including phenoxy) is 2. The van der Waals surface area contributed by atoms with Crippen molar-refractivity contribution in [2.24, 2.45) is 0 Å². The van der Waals surface area contributed by atoms with Gasteiger partial charge in [-0.25, -0.2) is 0 Å². The smallest absolute Gasteiger partial charge is 0.164 e. The number of carbonyl (C=O) groups excluding carboxylic acids is 1. The van der Waals surface area contributed by atoms with Crippen LogP contribution in [0.1, 0.15) is 47.0 Å². The van der Waals surface area contributed by atoms with E-state index in [1.165, 1.54) is 7.11 Å². The first-order valence-electron chi connectivity index (χ1n) is 7.41. The minimum atomic E-state index is -1.75. The third kappa shape index (κ3) is 2.36. The van der Waals surface area contributed by atoms with E-state index in [2.05, 4.69) is 0 Å². The maximum absolute atomic E-state index is 12.1. The monoisotopic (exact) mass is 298 g/mol. The second kappa shape index (κ2) is 5.16. The van der Waals surface area contributed by atoms with Gasteiger partial charge in [0.05, 0.1) is 11.7 Å². The Labute approximate surface area is 125 Å². The average molecular weight is 298 g/mol. The van der Waals surface area contributed by atoms with Crippen molar-refractivity contribution in [3.05, 3.63) is 11.6 Å². The van der Waals surface area contributed by atoms with Crippen LogP contribution in [0.25, 0.3) is 0 Å². The number of carbonyl (C=O) groups is 1. The number of rotatable bonds is 4. The lowest BCUT2D eigenvalue weighted by molar-refractivity contribution is -0.241. The Hall–Kier alpha value is -0.750. The Bertz CT molecular complexity index is 465. The van der Waals surface area contributed by atoms with Gasteiger partial charge in [0.25, 0.3) is 0 Å². The van der Waals surface area contributed by atoms with Crippen molar-refractivity contribution in [3.63, 3.8) is 0 Å². The number of ketones is 1. The van der Waals surface area contributed by atoms with Crippen LogP contribution in [0.4, 0.5) is 0 Å². The number of hydrogen-bond acceptors (Lipinski definition) is 5. The molecular weight excluding hydrogens is 272 g/mol. The molecule has 5 nitrogen and oxygen atoms in total. The summed E-state index contributed by atoms with van der Waals surface area (Å²) in [5, 5.41) is 21.9. The maximum Gasteiger partial charge on any atom is 0.164 e. The summed E-state index contributed by atoms with van der Waals surface area (Å²) in [4.78, 5) is 12.1. The van der Waals surface area contributed by atoms with Crippen molar-refractivity contribution in [2.75, 3.05) is 7.11 Å². The molecule has 0 radical (unpaired) electrons. The van der Waals surface area contributed by atoms with E-state index in [-0.39, 0.29) is 24.7 Å². The van der Waals surface area contributed by atoms with E-state index in [1.807, 2.05) is 19.9 Å². The minimum absolute atomic E-state index is 0.191.